The molecule has 5 nitrogen and oxygen atoms in total. The second-order valence-electron chi connectivity index (χ2n) is 6.14. The first kappa shape index (κ1) is 20.0. The van der Waals surface area contributed by atoms with Gasteiger partial charge < -0.3 is 14.4 Å². The summed E-state index contributed by atoms with van der Waals surface area (Å²) in [5, 5.41) is 0.580. The van der Waals surface area contributed by atoms with Crippen molar-refractivity contribution in [2.24, 2.45) is 0 Å². The molecule has 26 heavy (non-hydrogen) atoms. The van der Waals surface area contributed by atoms with Gasteiger partial charge in [0.1, 0.15) is 0 Å². The number of ether oxygens (including phenoxy) is 2. The van der Waals surface area contributed by atoms with Crippen LogP contribution in [0.15, 0.2) is 47.8 Å². The Kier molecular flexibility index (Phi) is 6.86. The van der Waals surface area contributed by atoms with Crippen LogP contribution >= 0.6 is 11.6 Å². The maximum atomic E-state index is 12.6. The van der Waals surface area contributed by atoms with Crippen LogP contribution in [0.5, 0.6) is 0 Å². The Bertz CT molecular complexity index is 686. The zero-order chi connectivity index (χ0) is 19.3. The summed E-state index contributed by atoms with van der Waals surface area (Å²) >= 11 is 5.99. The Morgan fingerprint density at radius 3 is 1.85 bits per heavy atom. The molecule has 0 saturated heterocycles. The van der Waals surface area contributed by atoms with Gasteiger partial charge in [-0.15, -0.1) is 0 Å². The summed E-state index contributed by atoms with van der Waals surface area (Å²) in [6.07, 6.45) is 3.48. The smallest absolute Gasteiger partial charge is 0.336 e. The maximum Gasteiger partial charge on any atom is 0.336 e. The number of halogens is 1. The maximum absolute atomic E-state index is 12.6. The number of nitrogens with zero attached hydrogens (tertiary/aromatic N) is 1. The second-order valence-corrected chi connectivity index (χ2v) is 6.57. The molecule has 0 aliphatic carbocycles. The van der Waals surface area contributed by atoms with Crippen molar-refractivity contribution in [1.29, 1.82) is 0 Å². The van der Waals surface area contributed by atoms with Crippen molar-refractivity contribution in [3.8, 4) is 0 Å². The Morgan fingerprint density at radius 2 is 1.46 bits per heavy atom. The third kappa shape index (κ3) is 4.47. The first-order valence-electron chi connectivity index (χ1n) is 8.69. The number of hydrogen-bond donors (Lipinski definition) is 0. The van der Waals surface area contributed by atoms with E-state index >= 15 is 0 Å². The molecule has 1 aromatic carbocycles. The van der Waals surface area contributed by atoms with E-state index in [9.17, 15) is 9.59 Å². The number of rotatable bonds is 6. The van der Waals surface area contributed by atoms with Crippen LogP contribution in [0.4, 0.5) is 0 Å². The zero-order valence-electron chi connectivity index (χ0n) is 15.5. The SMILES string of the molecule is CCOC(=O)C1=CN(C(C)C)C=C(C(=O)OCC)C1c1ccc(Cl)cc1. The van der Waals surface area contributed by atoms with Gasteiger partial charge in [-0.3, -0.25) is 0 Å². The van der Waals surface area contributed by atoms with Gasteiger partial charge in [0.15, 0.2) is 0 Å². The fourth-order valence-electron chi connectivity index (χ4n) is 2.76. The minimum Gasteiger partial charge on any atom is -0.463 e. The molecular weight excluding hydrogens is 354 g/mol. The van der Waals surface area contributed by atoms with Crippen molar-refractivity contribution in [3.63, 3.8) is 0 Å². The summed E-state index contributed by atoms with van der Waals surface area (Å²) in [7, 11) is 0. The summed E-state index contributed by atoms with van der Waals surface area (Å²) in [5.74, 6) is -1.47. The molecule has 0 N–H and O–H groups in total. The topological polar surface area (TPSA) is 55.8 Å². The van der Waals surface area contributed by atoms with Gasteiger partial charge in [-0.25, -0.2) is 9.59 Å². The molecule has 1 aliphatic rings. The van der Waals surface area contributed by atoms with Gasteiger partial charge in [0.2, 0.25) is 0 Å². The molecule has 0 unspecified atom stereocenters. The van der Waals surface area contributed by atoms with Gasteiger partial charge in [0.05, 0.1) is 30.3 Å². The van der Waals surface area contributed by atoms with Gasteiger partial charge in [-0.05, 0) is 45.4 Å². The van der Waals surface area contributed by atoms with Gasteiger partial charge in [0, 0.05) is 23.5 Å². The highest BCUT2D eigenvalue weighted by Gasteiger charge is 2.35. The third-order valence-corrected chi connectivity index (χ3v) is 4.27. The van der Waals surface area contributed by atoms with E-state index in [-0.39, 0.29) is 19.3 Å². The van der Waals surface area contributed by atoms with Crippen LogP contribution in [-0.2, 0) is 19.1 Å². The molecule has 0 fully saturated rings. The first-order chi connectivity index (χ1) is 12.4. The van der Waals surface area contributed by atoms with Crippen LogP contribution in [0.2, 0.25) is 5.02 Å². The first-order valence-corrected chi connectivity index (χ1v) is 9.07. The molecule has 6 heteroatoms. The van der Waals surface area contributed by atoms with E-state index < -0.39 is 17.9 Å². The fraction of sp³-hybridized carbons (Fsp3) is 0.400. The van der Waals surface area contributed by atoms with E-state index in [0.717, 1.165) is 5.56 Å². The van der Waals surface area contributed by atoms with Crippen LogP contribution < -0.4 is 0 Å². The van der Waals surface area contributed by atoms with E-state index in [4.69, 9.17) is 21.1 Å². The molecule has 0 amide bonds. The highest BCUT2D eigenvalue weighted by atomic mass is 35.5. The van der Waals surface area contributed by atoms with Crippen molar-refractivity contribution in [1.82, 2.24) is 4.90 Å². The molecule has 0 spiro atoms. The second kappa shape index (κ2) is 8.90. The fourth-order valence-corrected chi connectivity index (χ4v) is 2.88. The lowest BCUT2D eigenvalue weighted by Crippen LogP contribution is -2.32. The van der Waals surface area contributed by atoms with Gasteiger partial charge in [-0.1, -0.05) is 23.7 Å². The molecule has 1 aromatic rings. The highest BCUT2D eigenvalue weighted by Crippen LogP contribution is 2.38. The van der Waals surface area contributed by atoms with Crippen molar-refractivity contribution in [3.05, 3.63) is 58.4 Å². The standard InChI is InChI=1S/C20H24ClNO4/c1-5-25-19(23)16-11-22(13(3)4)12-17(20(24)26-6-2)18(16)14-7-9-15(21)10-8-14/h7-13,18H,5-6H2,1-4H3. The number of esters is 2. The molecular formula is C20H24ClNO4. The van der Waals surface area contributed by atoms with E-state index in [0.29, 0.717) is 16.2 Å². The Morgan fingerprint density at radius 1 is 1.00 bits per heavy atom. The normalized spacial score (nSPS) is 14.8. The average Bonchev–Trinajstić information content (AvgIpc) is 2.61. The molecule has 140 valence electrons. The third-order valence-electron chi connectivity index (χ3n) is 4.02. The van der Waals surface area contributed by atoms with Crippen LogP contribution in [0, 0.1) is 0 Å². The molecule has 0 atom stereocenters. The van der Waals surface area contributed by atoms with Crippen LogP contribution in [0.3, 0.4) is 0 Å². The van der Waals surface area contributed by atoms with E-state index in [1.54, 1.807) is 50.5 Å². The summed E-state index contributed by atoms with van der Waals surface area (Å²) < 4.78 is 10.5. The van der Waals surface area contributed by atoms with Crippen molar-refractivity contribution in [2.75, 3.05) is 13.2 Å². The molecule has 0 aromatic heterocycles. The molecule has 2 rings (SSSR count). The van der Waals surface area contributed by atoms with Gasteiger partial charge >= 0.3 is 11.9 Å². The largest absolute Gasteiger partial charge is 0.463 e. The zero-order valence-corrected chi connectivity index (χ0v) is 16.2. The summed E-state index contributed by atoms with van der Waals surface area (Å²) in [6.45, 7) is 7.96. The minimum absolute atomic E-state index is 0.0648. The number of hydrogen-bond acceptors (Lipinski definition) is 5. The van der Waals surface area contributed by atoms with Crippen molar-refractivity contribution in [2.45, 2.75) is 39.7 Å². The van der Waals surface area contributed by atoms with Gasteiger partial charge in [0.25, 0.3) is 0 Å². The van der Waals surface area contributed by atoms with E-state index in [2.05, 4.69) is 0 Å². The lowest BCUT2D eigenvalue weighted by Gasteiger charge is -2.32. The molecule has 0 radical (unpaired) electrons. The van der Waals surface area contributed by atoms with Crippen molar-refractivity contribution >= 4 is 23.5 Å². The Hall–Kier alpha value is -2.27. The lowest BCUT2D eigenvalue weighted by atomic mass is 9.83. The Labute approximate surface area is 159 Å². The predicted octanol–water partition coefficient (Wildman–Crippen LogP) is 4.04. The molecule has 1 aliphatic heterocycles. The van der Waals surface area contributed by atoms with E-state index in [1.165, 1.54) is 0 Å². The lowest BCUT2D eigenvalue weighted by molar-refractivity contribution is -0.139. The summed E-state index contributed by atoms with van der Waals surface area (Å²) in [4.78, 5) is 27.1. The molecule has 1 heterocycles. The number of carbonyl (C=O) groups excluding carboxylic acids is 2. The predicted molar refractivity (Wildman–Crippen MR) is 101 cm³/mol. The summed E-state index contributed by atoms with van der Waals surface area (Å²) in [5.41, 5.74) is 1.57. The average molecular weight is 378 g/mol. The van der Waals surface area contributed by atoms with E-state index in [1.807, 2.05) is 18.7 Å². The van der Waals surface area contributed by atoms with Crippen LogP contribution in [0.25, 0.3) is 0 Å². The quantitative estimate of drug-likeness (QED) is 0.700. The number of benzene rings is 1. The van der Waals surface area contributed by atoms with Crippen molar-refractivity contribution < 1.29 is 19.1 Å². The monoisotopic (exact) mass is 377 g/mol. The van der Waals surface area contributed by atoms with Crippen LogP contribution in [0.1, 0.15) is 39.2 Å². The molecule has 0 saturated carbocycles. The number of carbonyl (C=O) groups is 2. The Balaban J connectivity index is 2.58. The van der Waals surface area contributed by atoms with Gasteiger partial charge in [-0.2, -0.15) is 0 Å². The minimum atomic E-state index is -0.569. The molecule has 0 bridgehead atoms. The summed E-state index contributed by atoms with van der Waals surface area (Å²) in [6, 6.07) is 7.14. The highest BCUT2D eigenvalue weighted by molar-refractivity contribution is 6.30. The van der Waals surface area contributed by atoms with Crippen LogP contribution in [-0.4, -0.2) is 36.1 Å².